The van der Waals surface area contributed by atoms with Crippen molar-refractivity contribution in [2.75, 3.05) is 6.54 Å². The summed E-state index contributed by atoms with van der Waals surface area (Å²) in [6.45, 7) is 3.21. The van der Waals surface area contributed by atoms with E-state index in [1.54, 1.807) is 0 Å². The monoisotopic (exact) mass is 238 g/mol. The third-order valence-electron chi connectivity index (χ3n) is 3.75. The van der Waals surface area contributed by atoms with E-state index in [0.29, 0.717) is 18.6 Å². The fourth-order valence-electron chi connectivity index (χ4n) is 2.42. The third kappa shape index (κ3) is 2.84. The average molecular weight is 238 g/mol. The van der Waals surface area contributed by atoms with E-state index in [-0.39, 0.29) is 0 Å². The number of aryl methyl sites for hydroxylation is 1. The van der Waals surface area contributed by atoms with Crippen molar-refractivity contribution in [1.82, 2.24) is 14.8 Å². The molecule has 96 valence electrons. The first kappa shape index (κ1) is 12.5. The fourth-order valence-corrected chi connectivity index (χ4v) is 2.42. The Morgan fingerprint density at radius 3 is 2.76 bits per heavy atom. The van der Waals surface area contributed by atoms with Crippen molar-refractivity contribution in [2.24, 2.45) is 18.7 Å². The molecule has 2 rings (SSSR count). The maximum atomic E-state index is 5.96. The number of ether oxygens (including phenoxy) is 1. The highest BCUT2D eigenvalue weighted by molar-refractivity contribution is 4.91. The van der Waals surface area contributed by atoms with Crippen molar-refractivity contribution in [2.45, 2.75) is 45.3 Å². The minimum atomic E-state index is 0.297. The molecular weight excluding hydrogens is 216 g/mol. The Hall–Kier alpha value is -0.940. The Balaban J connectivity index is 1.90. The summed E-state index contributed by atoms with van der Waals surface area (Å²) in [7, 11) is 1.97. The van der Waals surface area contributed by atoms with Crippen molar-refractivity contribution in [3.63, 3.8) is 0 Å². The topological polar surface area (TPSA) is 66.0 Å². The zero-order valence-electron chi connectivity index (χ0n) is 10.7. The zero-order chi connectivity index (χ0) is 12.3. The first-order chi connectivity index (χ1) is 8.22. The van der Waals surface area contributed by atoms with Crippen molar-refractivity contribution >= 4 is 0 Å². The highest BCUT2D eigenvalue weighted by Crippen LogP contribution is 2.26. The minimum Gasteiger partial charge on any atom is -0.370 e. The van der Waals surface area contributed by atoms with Gasteiger partial charge in [-0.25, -0.2) is 0 Å². The van der Waals surface area contributed by atoms with Gasteiger partial charge in [0.25, 0.3) is 0 Å². The van der Waals surface area contributed by atoms with Crippen LogP contribution in [0.1, 0.15) is 37.3 Å². The van der Waals surface area contributed by atoms with Crippen LogP contribution in [-0.2, 0) is 18.4 Å². The summed E-state index contributed by atoms with van der Waals surface area (Å²) in [6, 6.07) is 0. The fraction of sp³-hybridized carbons (Fsp3) is 0.833. The molecular formula is C12H22N4O. The van der Waals surface area contributed by atoms with Crippen LogP contribution in [0.25, 0.3) is 0 Å². The smallest absolute Gasteiger partial charge is 0.158 e. The molecule has 0 aliphatic heterocycles. The molecule has 0 spiro atoms. The third-order valence-corrected chi connectivity index (χ3v) is 3.75. The van der Waals surface area contributed by atoms with Crippen molar-refractivity contribution in [3.8, 4) is 0 Å². The van der Waals surface area contributed by atoms with Gasteiger partial charge in [-0.15, -0.1) is 10.2 Å². The molecule has 2 atom stereocenters. The summed E-state index contributed by atoms with van der Waals surface area (Å²) in [5.74, 6) is 2.32. The molecule has 1 aromatic rings. The van der Waals surface area contributed by atoms with E-state index in [4.69, 9.17) is 10.5 Å². The highest BCUT2D eigenvalue weighted by Gasteiger charge is 2.25. The normalized spacial score (nSPS) is 25.1. The molecule has 1 aromatic heterocycles. The van der Waals surface area contributed by atoms with E-state index < -0.39 is 0 Å². The molecule has 1 aliphatic rings. The van der Waals surface area contributed by atoms with Crippen molar-refractivity contribution < 1.29 is 4.74 Å². The summed E-state index contributed by atoms with van der Waals surface area (Å²) in [5.41, 5.74) is 5.78. The van der Waals surface area contributed by atoms with Gasteiger partial charge in [0.2, 0.25) is 0 Å². The second-order valence-electron chi connectivity index (χ2n) is 4.85. The molecule has 17 heavy (non-hydrogen) atoms. The summed E-state index contributed by atoms with van der Waals surface area (Å²) in [4.78, 5) is 0. The van der Waals surface area contributed by atoms with Gasteiger partial charge in [-0.1, -0.05) is 12.8 Å². The molecule has 2 N–H and O–H groups in total. The van der Waals surface area contributed by atoms with E-state index in [0.717, 1.165) is 24.6 Å². The van der Waals surface area contributed by atoms with Crippen LogP contribution in [0.5, 0.6) is 0 Å². The number of aromatic nitrogens is 3. The molecule has 5 nitrogen and oxygen atoms in total. The maximum Gasteiger partial charge on any atom is 0.158 e. The molecule has 5 heteroatoms. The van der Waals surface area contributed by atoms with Crippen LogP contribution in [0.2, 0.25) is 0 Å². The quantitative estimate of drug-likeness (QED) is 0.854. The van der Waals surface area contributed by atoms with Crippen LogP contribution < -0.4 is 5.73 Å². The molecule has 1 heterocycles. The number of hydrogen-bond acceptors (Lipinski definition) is 4. The molecule has 0 bridgehead atoms. The van der Waals surface area contributed by atoms with Crippen LogP contribution in [0.3, 0.4) is 0 Å². The van der Waals surface area contributed by atoms with Gasteiger partial charge in [0.1, 0.15) is 12.4 Å². The lowest BCUT2D eigenvalue weighted by molar-refractivity contribution is -0.0219. The van der Waals surface area contributed by atoms with Gasteiger partial charge < -0.3 is 15.0 Å². The van der Waals surface area contributed by atoms with Gasteiger partial charge >= 0.3 is 0 Å². The number of nitrogens with zero attached hydrogens (tertiary/aromatic N) is 3. The van der Waals surface area contributed by atoms with Gasteiger partial charge in [-0.05, 0) is 32.2 Å². The van der Waals surface area contributed by atoms with E-state index in [1.807, 2.05) is 18.5 Å². The standard InChI is InChI=1S/C12H22N4O/c1-9-14-15-12(16(9)2)8-17-11-6-4-3-5-10(11)7-13/h10-11H,3-8,13H2,1-2H3. The first-order valence-corrected chi connectivity index (χ1v) is 6.39. The molecule has 1 saturated carbocycles. The highest BCUT2D eigenvalue weighted by atomic mass is 16.5. The molecule has 0 amide bonds. The Morgan fingerprint density at radius 1 is 1.35 bits per heavy atom. The van der Waals surface area contributed by atoms with Crippen LogP contribution in [0.4, 0.5) is 0 Å². The maximum absolute atomic E-state index is 5.96. The number of hydrogen-bond donors (Lipinski definition) is 1. The van der Waals surface area contributed by atoms with Crippen LogP contribution in [0.15, 0.2) is 0 Å². The molecule has 0 saturated heterocycles. The Kier molecular flexibility index (Phi) is 4.12. The van der Waals surface area contributed by atoms with Gasteiger partial charge in [0, 0.05) is 7.05 Å². The first-order valence-electron chi connectivity index (χ1n) is 6.39. The second-order valence-corrected chi connectivity index (χ2v) is 4.85. The zero-order valence-corrected chi connectivity index (χ0v) is 10.7. The summed E-state index contributed by atoms with van der Waals surface area (Å²) in [6.07, 6.45) is 5.15. The Labute approximate surface area is 102 Å². The van der Waals surface area contributed by atoms with Gasteiger partial charge in [0.15, 0.2) is 5.82 Å². The molecule has 0 radical (unpaired) electrons. The van der Waals surface area contributed by atoms with E-state index in [1.165, 1.54) is 19.3 Å². The van der Waals surface area contributed by atoms with Crippen LogP contribution in [-0.4, -0.2) is 27.4 Å². The summed E-state index contributed by atoms with van der Waals surface area (Å²) in [5, 5.41) is 8.13. The predicted molar refractivity (Wildman–Crippen MR) is 65.3 cm³/mol. The van der Waals surface area contributed by atoms with Crippen LogP contribution in [0, 0.1) is 12.8 Å². The Bertz CT molecular complexity index is 363. The second kappa shape index (κ2) is 5.60. The van der Waals surface area contributed by atoms with Gasteiger partial charge in [0.05, 0.1) is 6.10 Å². The predicted octanol–water partition coefficient (Wildman–Crippen LogP) is 1.16. The van der Waals surface area contributed by atoms with Crippen LogP contribution >= 0.6 is 0 Å². The molecule has 1 fully saturated rings. The molecule has 2 unspecified atom stereocenters. The van der Waals surface area contributed by atoms with Crippen molar-refractivity contribution in [3.05, 3.63) is 11.6 Å². The lowest BCUT2D eigenvalue weighted by Gasteiger charge is -2.30. The van der Waals surface area contributed by atoms with E-state index >= 15 is 0 Å². The van der Waals surface area contributed by atoms with Gasteiger partial charge in [-0.3, -0.25) is 0 Å². The lowest BCUT2D eigenvalue weighted by Crippen LogP contribution is -2.33. The van der Waals surface area contributed by atoms with E-state index in [9.17, 15) is 0 Å². The summed E-state index contributed by atoms with van der Waals surface area (Å²) < 4.78 is 7.94. The Morgan fingerprint density at radius 2 is 2.12 bits per heavy atom. The number of nitrogens with two attached hydrogens (primary N) is 1. The molecule has 0 aromatic carbocycles. The van der Waals surface area contributed by atoms with Crippen molar-refractivity contribution in [1.29, 1.82) is 0 Å². The summed E-state index contributed by atoms with van der Waals surface area (Å²) >= 11 is 0. The molecule has 1 aliphatic carbocycles. The largest absolute Gasteiger partial charge is 0.370 e. The SMILES string of the molecule is Cc1nnc(COC2CCCCC2CN)n1C. The lowest BCUT2D eigenvalue weighted by atomic mass is 9.86. The average Bonchev–Trinajstić information content (AvgIpc) is 2.68. The minimum absolute atomic E-state index is 0.297. The van der Waals surface area contributed by atoms with E-state index in [2.05, 4.69) is 10.2 Å². The van der Waals surface area contributed by atoms with Gasteiger partial charge in [-0.2, -0.15) is 0 Å². The number of rotatable bonds is 4.